The van der Waals surface area contributed by atoms with E-state index in [9.17, 15) is 4.79 Å². The summed E-state index contributed by atoms with van der Waals surface area (Å²) in [5.41, 5.74) is 3.03. The van der Waals surface area contributed by atoms with Gasteiger partial charge in [-0.3, -0.25) is 4.90 Å². The quantitative estimate of drug-likeness (QED) is 0.663. The molecule has 1 aromatic heterocycles. The minimum atomic E-state index is -0.452. The van der Waals surface area contributed by atoms with Crippen molar-refractivity contribution in [2.75, 3.05) is 33.2 Å². The fourth-order valence-electron chi connectivity index (χ4n) is 3.06. The molecule has 0 aliphatic carbocycles. The van der Waals surface area contributed by atoms with Crippen molar-refractivity contribution in [2.24, 2.45) is 0 Å². The molecule has 0 N–H and O–H groups in total. The Hall–Kier alpha value is -2.77. The Bertz CT molecular complexity index is 898. The van der Waals surface area contributed by atoms with Gasteiger partial charge in [-0.15, -0.1) is 5.10 Å². The first-order valence-corrected chi connectivity index (χ1v) is 8.72. The molecule has 0 spiro atoms. The average Bonchev–Trinajstić information content (AvgIpc) is 3.07. The van der Waals surface area contributed by atoms with Crippen molar-refractivity contribution in [3.63, 3.8) is 0 Å². The molecule has 7 nitrogen and oxygen atoms in total. The highest BCUT2D eigenvalue weighted by Gasteiger charge is 2.15. The number of likely N-dealkylation sites (N-methyl/N-ethyl adjacent to an activating group) is 1. The molecule has 26 heavy (non-hydrogen) atoms. The minimum Gasteiger partial charge on any atom is -0.312 e. The van der Waals surface area contributed by atoms with Crippen molar-refractivity contribution in [3.8, 4) is 0 Å². The molecule has 0 unspecified atom stereocenters. The number of fused-ring (bicyclic) bond motifs is 1. The molecular formula is C19H21N5O2. The topological polar surface area (TPSA) is 63.5 Å². The van der Waals surface area contributed by atoms with Gasteiger partial charge in [0.2, 0.25) is 0 Å². The Labute approximate surface area is 151 Å². The smallest absolute Gasteiger partial charge is 0.312 e. The van der Waals surface area contributed by atoms with Gasteiger partial charge in [0.1, 0.15) is 11.0 Å². The van der Waals surface area contributed by atoms with Crippen molar-refractivity contribution in [3.05, 3.63) is 59.7 Å². The molecule has 0 radical (unpaired) electrons. The maximum Gasteiger partial charge on any atom is 0.365 e. The van der Waals surface area contributed by atoms with Gasteiger partial charge in [-0.05, 0) is 42.1 Å². The summed E-state index contributed by atoms with van der Waals surface area (Å²) in [4.78, 5) is 23.6. The van der Waals surface area contributed by atoms with Gasteiger partial charge in [0.15, 0.2) is 0 Å². The lowest BCUT2D eigenvalue weighted by atomic mass is 10.1. The first-order valence-electron chi connectivity index (χ1n) is 8.72. The van der Waals surface area contributed by atoms with Gasteiger partial charge >= 0.3 is 5.97 Å². The van der Waals surface area contributed by atoms with E-state index in [0.717, 1.165) is 37.6 Å². The monoisotopic (exact) mass is 351 g/mol. The molecule has 0 bridgehead atoms. The van der Waals surface area contributed by atoms with Gasteiger partial charge in [-0.2, -0.15) is 0 Å². The maximum atomic E-state index is 12.4. The molecule has 4 rings (SSSR count). The zero-order valence-corrected chi connectivity index (χ0v) is 14.7. The van der Waals surface area contributed by atoms with E-state index in [-0.39, 0.29) is 0 Å². The van der Waals surface area contributed by atoms with Crippen LogP contribution in [0.4, 0.5) is 0 Å². The molecule has 1 aliphatic heterocycles. The van der Waals surface area contributed by atoms with Crippen LogP contribution in [0.2, 0.25) is 0 Å². The number of hydrogen-bond donors (Lipinski definition) is 0. The summed E-state index contributed by atoms with van der Waals surface area (Å²) >= 11 is 0. The van der Waals surface area contributed by atoms with Crippen LogP contribution in [-0.4, -0.2) is 64.2 Å². The molecule has 7 heteroatoms. The number of rotatable bonds is 4. The van der Waals surface area contributed by atoms with Gasteiger partial charge in [0, 0.05) is 32.7 Å². The summed E-state index contributed by atoms with van der Waals surface area (Å²) in [5, 5.41) is 7.85. The highest BCUT2D eigenvalue weighted by atomic mass is 16.7. The first-order chi connectivity index (χ1) is 12.7. The number of aromatic nitrogens is 3. The highest BCUT2D eigenvalue weighted by Crippen LogP contribution is 2.12. The van der Waals surface area contributed by atoms with E-state index in [0.29, 0.717) is 16.6 Å². The molecule has 0 saturated carbocycles. The first kappa shape index (κ1) is 16.7. The molecule has 1 aliphatic rings. The molecule has 3 aromatic rings. The largest absolute Gasteiger partial charge is 0.365 e. The lowest BCUT2D eigenvalue weighted by Crippen LogP contribution is -2.43. The third-order valence-corrected chi connectivity index (χ3v) is 4.68. The van der Waals surface area contributed by atoms with Crippen molar-refractivity contribution >= 4 is 17.0 Å². The van der Waals surface area contributed by atoms with Crippen molar-refractivity contribution < 1.29 is 9.63 Å². The third kappa shape index (κ3) is 3.58. The molecule has 1 saturated heterocycles. The fourth-order valence-corrected chi connectivity index (χ4v) is 3.06. The molecule has 0 atom stereocenters. The van der Waals surface area contributed by atoms with Crippen LogP contribution in [0.3, 0.4) is 0 Å². The normalized spacial score (nSPS) is 16.0. The second-order valence-electron chi connectivity index (χ2n) is 6.61. The number of piperazine rings is 1. The molecule has 2 aromatic carbocycles. The second kappa shape index (κ2) is 7.23. The fraction of sp³-hybridized carbons (Fsp3) is 0.316. The lowest BCUT2D eigenvalue weighted by Gasteiger charge is -2.32. The highest BCUT2D eigenvalue weighted by molar-refractivity contribution is 5.90. The maximum absolute atomic E-state index is 12.4. The van der Waals surface area contributed by atoms with E-state index in [2.05, 4.69) is 27.2 Å². The van der Waals surface area contributed by atoms with Crippen molar-refractivity contribution in [1.29, 1.82) is 0 Å². The van der Waals surface area contributed by atoms with E-state index in [1.165, 1.54) is 5.56 Å². The van der Waals surface area contributed by atoms with E-state index in [1.807, 2.05) is 36.4 Å². The van der Waals surface area contributed by atoms with E-state index in [1.54, 1.807) is 12.1 Å². The van der Waals surface area contributed by atoms with Crippen LogP contribution in [0.25, 0.3) is 11.0 Å². The van der Waals surface area contributed by atoms with Crippen LogP contribution in [0, 0.1) is 0 Å². The van der Waals surface area contributed by atoms with Gasteiger partial charge in [0.25, 0.3) is 0 Å². The Balaban J connectivity index is 1.40. The Morgan fingerprint density at radius 1 is 1.04 bits per heavy atom. The van der Waals surface area contributed by atoms with Gasteiger partial charge in [-0.25, -0.2) is 4.79 Å². The summed E-state index contributed by atoms with van der Waals surface area (Å²) in [6, 6.07) is 14.9. The zero-order chi connectivity index (χ0) is 17.9. The van der Waals surface area contributed by atoms with Crippen LogP contribution in [0.1, 0.15) is 15.9 Å². The number of hydrogen-bond acceptors (Lipinski definition) is 6. The predicted octanol–water partition coefficient (Wildman–Crippen LogP) is 1.45. The van der Waals surface area contributed by atoms with Gasteiger partial charge in [0.05, 0.1) is 5.56 Å². The van der Waals surface area contributed by atoms with Crippen molar-refractivity contribution in [1.82, 2.24) is 25.0 Å². The predicted molar refractivity (Wildman–Crippen MR) is 97.7 cm³/mol. The summed E-state index contributed by atoms with van der Waals surface area (Å²) in [7, 11) is 2.15. The van der Waals surface area contributed by atoms with Crippen LogP contribution in [0.15, 0.2) is 48.5 Å². The molecule has 134 valence electrons. The van der Waals surface area contributed by atoms with Crippen LogP contribution in [0.5, 0.6) is 0 Å². The number of nitrogens with zero attached hydrogens (tertiary/aromatic N) is 5. The minimum absolute atomic E-state index is 0.452. The van der Waals surface area contributed by atoms with Crippen LogP contribution < -0.4 is 4.84 Å². The van der Waals surface area contributed by atoms with Gasteiger partial charge < -0.3 is 9.74 Å². The number of carbonyl (C=O) groups is 1. The van der Waals surface area contributed by atoms with E-state index in [4.69, 9.17) is 4.84 Å². The summed E-state index contributed by atoms with van der Waals surface area (Å²) in [5.74, 6) is -0.452. The zero-order valence-electron chi connectivity index (χ0n) is 14.7. The van der Waals surface area contributed by atoms with Crippen molar-refractivity contribution in [2.45, 2.75) is 6.54 Å². The summed E-state index contributed by atoms with van der Waals surface area (Å²) < 4.78 is 0. The molecule has 1 fully saturated rings. The van der Waals surface area contributed by atoms with E-state index >= 15 is 0 Å². The molecular weight excluding hydrogens is 330 g/mol. The lowest BCUT2D eigenvalue weighted by molar-refractivity contribution is 0.0409. The average molecular weight is 351 g/mol. The third-order valence-electron chi connectivity index (χ3n) is 4.68. The summed E-state index contributed by atoms with van der Waals surface area (Å²) in [6.45, 7) is 5.22. The van der Waals surface area contributed by atoms with E-state index < -0.39 is 5.97 Å². The van der Waals surface area contributed by atoms with Crippen LogP contribution >= 0.6 is 0 Å². The Morgan fingerprint density at radius 3 is 2.54 bits per heavy atom. The van der Waals surface area contributed by atoms with Crippen LogP contribution in [-0.2, 0) is 6.54 Å². The summed E-state index contributed by atoms with van der Waals surface area (Å²) in [6.07, 6.45) is 0. The Morgan fingerprint density at radius 2 is 1.77 bits per heavy atom. The number of carbonyl (C=O) groups excluding carboxylic acids is 1. The molecule has 2 heterocycles. The van der Waals surface area contributed by atoms with Gasteiger partial charge in [-0.1, -0.05) is 29.1 Å². The SMILES string of the molecule is CN1CCN(Cc2ccc(C(=O)On3nnc4ccccc43)cc2)CC1. The molecule has 0 amide bonds. The number of benzene rings is 2. The number of para-hydroxylation sites is 1. The second-order valence-corrected chi connectivity index (χ2v) is 6.61. The standard InChI is InChI=1S/C19H21N5O2/c1-22-10-12-23(13-11-22)14-15-6-8-16(9-7-15)19(25)26-24-18-5-3-2-4-17(18)20-21-24/h2-9H,10-14H2,1H3. The Kier molecular flexibility index (Phi) is 4.64.